The minimum atomic E-state index is -0.640. The van der Waals surface area contributed by atoms with Gasteiger partial charge in [-0.05, 0) is 67.9 Å². The van der Waals surface area contributed by atoms with Gasteiger partial charge in [0.1, 0.15) is 29.5 Å². The summed E-state index contributed by atoms with van der Waals surface area (Å²) < 4.78 is 18.3. The van der Waals surface area contributed by atoms with E-state index in [0.29, 0.717) is 13.2 Å². The van der Waals surface area contributed by atoms with E-state index in [-0.39, 0.29) is 5.97 Å². The van der Waals surface area contributed by atoms with E-state index < -0.39 is 4.75 Å². The maximum absolute atomic E-state index is 11.9. The Hall–Kier alpha value is -3.38. The maximum Gasteiger partial charge on any atom is 0.321 e. The number of ether oxygens (including phenoxy) is 3. The van der Waals surface area contributed by atoms with Crippen molar-refractivity contribution in [2.75, 3.05) is 13.7 Å². The van der Waals surface area contributed by atoms with Gasteiger partial charge in [0.25, 0.3) is 0 Å². The lowest BCUT2D eigenvalue weighted by Gasteiger charge is -2.20. The molecule has 4 aromatic rings. The fourth-order valence-electron chi connectivity index (χ4n) is 3.65. The topological polar surface area (TPSA) is 49.7 Å². The Balaban J connectivity index is 1.30. The number of thioether (sulfide) groups is 1. The molecule has 1 heterocycles. The number of carbonyl (C=O) groups is 1. The molecule has 5 nitrogen and oxygen atoms in total. The van der Waals surface area contributed by atoms with Crippen LogP contribution in [0.1, 0.15) is 19.4 Å². The highest BCUT2D eigenvalue weighted by Gasteiger charge is 2.29. The molecule has 0 unspecified atom stereocenters. The first-order chi connectivity index (χ1) is 16.4. The van der Waals surface area contributed by atoms with Crippen LogP contribution in [0.2, 0.25) is 0 Å². The molecule has 0 radical (unpaired) electrons. The van der Waals surface area contributed by atoms with Crippen LogP contribution in [0.3, 0.4) is 0 Å². The lowest BCUT2D eigenvalue weighted by Crippen LogP contribution is -2.28. The van der Waals surface area contributed by atoms with E-state index in [1.165, 1.54) is 18.9 Å². The lowest BCUT2D eigenvalue weighted by molar-refractivity contribution is -0.142. The smallest absolute Gasteiger partial charge is 0.321 e. The number of esters is 1. The van der Waals surface area contributed by atoms with Crippen LogP contribution in [0.4, 0.5) is 0 Å². The zero-order valence-corrected chi connectivity index (χ0v) is 20.5. The van der Waals surface area contributed by atoms with Crippen LogP contribution < -0.4 is 9.47 Å². The second kappa shape index (κ2) is 10.7. The Morgan fingerprint density at radius 1 is 0.912 bits per heavy atom. The van der Waals surface area contributed by atoms with Crippen molar-refractivity contribution < 1.29 is 19.0 Å². The summed E-state index contributed by atoms with van der Waals surface area (Å²) in [5, 5.41) is 1.14. The molecular formula is C28H29NO4S. The Labute approximate surface area is 204 Å². The summed E-state index contributed by atoms with van der Waals surface area (Å²) in [7, 11) is 1.41. The first-order valence-electron chi connectivity index (χ1n) is 11.2. The zero-order valence-electron chi connectivity index (χ0n) is 19.7. The van der Waals surface area contributed by atoms with Gasteiger partial charge in [-0.2, -0.15) is 0 Å². The van der Waals surface area contributed by atoms with Crippen LogP contribution >= 0.6 is 11.8 Å². The molecule has 0 spiro atoms. The number of rotatable bonds is 10. The molecule has 0 saturated carbocycles. The van der Waals surface area contributed by atoms with Crippen LogP contribution in [0.15, 0.2) is 90.0 Å². The summed E-state index contributed by atoms with van der Waals surface area (Å²) in [5.41, 5.74) is 2.29. The van der Waals surface area contributed by atoms with Crippen LogP contribution in [-0.2, 0) is 22.7 Å². The van der Waals surface area contributed by atoms with Gasteiger partial charge in [0.15, 0.2) is 0 Å². The van der Waals surface area contributed by atoms with Gasteiger partial charge >= 0.3 is 5.97 Å². The first kappa shape index (κ1) is 23.8. The predicted octanol–water partition coefficient (Wildman–Crippen LogP) is 6.34. The summed E-state index contributed by atoms with van der Waals surface area (Å²) in [6.45, 7) is 5.55. The minimum Gasteiger partial charge on any atom is -0.492 e. The van der Waals surface area contributed by atoms with Crippen molar-refractivity contribution >= 4 is 28.6 Å². The van der Waals surface area contributed by atoms with Crippen LogP contribution in [0.5, 0.6) is 11.5 Å². The highest BCUT2D eigenvalue weighted by Crippen LogP contribution is 2.34. The third-order valence-corrected chi connectivity index (χ3v) is 6.65. The average molecular weight is 476 g/mol. The van der Waals surface area contributed by atoms with Crippen molar-refractivity contribution in [1.82, 2.24) is 4.57 Å². The molecule has 0 N–H and O–H groups in total. The molecule has 0 atom stereocenters. The van der Waals surface area contributed by atoms with Gasteiger partial charge in [0.05, 0.1) is 13.7 Å². The van der Waals surface area contributed by atoms with Crippen molar-refractivity contribution in [3.05, 3.63) is 90.6 Å². The van der Waals surface area contributed by atoms with Crippen molar-refractivity contribution in [2.24, 2.45) is 0 Å². The molecule has 0 aliphatic rings. The van der Waals surface area contributed by atoms with Crippen molar-refractivity contribution in [3.63, 3.8) is 0 Å². The second-order valence-corrected chi connectivity index (χ2v) is 10.1. The van der Waals surface area contributed by atoms with Gasteiger partial charge in [0, 0.05) is 22.0 Å². The standard InChI is InChI=1S/C28H29NO4S/c1-28(2,27(30)31-3)34-25-12-9-23(10-13-25)32-18-17-29-16-15-22-19-24(11-14-26(22)29)33-20-21-7-5-4-6-8-21/h4-16,19H,17-18,20H2,1-3H3. The molecule has 34 heavy (non-hydrogen) atoms. The number of carbonyl (C=O) groups excluding carboxylic acids is 1. The molecule has 0 amide bonds. The van der Waals surface area contributed by atoms with Gasteiger partial charge in [-0.25, -0.2) is 0 Å². The van der Waals surface area contributed by atoms with E-state index in [4.69, 9.17) is 14.2 Å². The third kappa shape index (κ3) is 5.94. The Morgan fingerprint density at radius 3 is 2.38 bits per heavy atom. The average Bonchev–Trinajstić information content (AvgIpc) is 3.26. The highest BCUT2D eigenvalue weighted by molar-refractivity contribution is 8.01. The van der Waals surface area contributed by atoms with Gasteiger partial charge in [-0.3, -0.25) is 4.79 Å². The summed E-state index contributed by atoms with van der Waals surface area (Å²) in [6.07, 6.45) is 2.07. The molecule has 176 valence electrons. The summed E-state index contributed by atoms with van der Waals surface area (Å²) >= 11 is 1.47. The van der Waals surface area contributed by atoms with Gasteiger partial charge in [-0.15, -0.1) is 11.8 Å². The highest BCUT2D eigenvalue weighted by atomic mass is 32.2. The van der Waals surface area contributed by atoms with Crippen molar-refractivity contribution in [1.29, 1.82) is 0 Å². The summed E-state index contributed by atoms with van der Waals surface area (Å²) in [6, 6.07) is 26.2. The molecule has 0 bridgehead atoms. The Bertz CT molecular complexity index is 1230. The maximum atomic E-state index is 11.9. The van der Waals surface area contributed by atoms with Crippen LogP contribution in [-0.4, -0.2) is 29.0 Å². The third-order valence-electron chi connectivity index (χ3n) is 5.47. The van der Waals surface area contributed by atoms with E-state index >= 15 is 0 Å². The fraction of sp³-hybridized carbons (Fsp3) is 0.250. The molecule has 4 rings (SSSR count). The lowest BCUT2D eigenvalue weighted by atomic mass is 10.2. The molecule has 0 aliphatic heterocycles. The summed E-state index contributed by atoms with van der Waals surface area (Å²) in [5.74, 6) is 1.42. The van der Waals surface area contributed by atoms with Gasteiger partial charge in [0.2, 0.25) is 0 Å². The van der Waals surface area contributed by atoms with Crippen molar-refractivity contribution in [3.8, 4) is 11.5 Å². The number of hydrogen-bond donors (Lipinski definition) is 0. The van der Waals surface area contributed by atoms with E-state index in [9.17, 15) is 4.79 Å². The van der Waals surface area contributed by atoms with Crippen molar-refractivity contribution in [2.45, 2.75) is 36.6 Å². The number of methoxy groups -OCH3 is 1. The number of fused-ring (bicyclic) bond motifs is 1. The quantitative estimate of drug-likeness (QED) is 0.198. The van der Waals surface area contributed by atoms with Crippen LogP contribution in [0, 0.1) is 0 Å². The Morgan fingerprint density at radius 2 is 1.65 bits per heavy atom. The van der Waals surface area contributed by atoms with E-state index in [1.54, 1.807) is 0 Å². The Kier molecular flexibility index (Phi) is 7.48. The van der Waals surface area contributed by atoms with Gasteiger partial charge < -0.3 is 18.8 Å². The largest absolute Gasteiger partial charge is 0.492 e. The number of benzene rings is 3. The number of nitrogens with zero attached hydrogens (tertiary/aromatic N) is 1. The van der Waals surface area contributed by atoms with Gasteiger partial charge in [-0.1, -0.05) is 30.3 Å². The molecule has 6 heteroatoms. The minimum absolute atomic E-state index is 0.244. The SMILES string of the molecule is COC(=O)C(C)(C)Sc1ccc(OCCn2ccc3cc(OCc4ccccc4)ccc32)cc1. The molecule has 0 fully saturated rings. The van der Waals surface area contributed by atoms with Crippen LogP contribution in [0.25, 0.3) is 10.9 Å². The molecular weight excluding hydrogens is 446 g/mol. The molecule has 0 saturated heterocycles. The fourth-order valence-corrected chi connectivity index (χ4v) is 4.68. The summed E-state index contributed by atoms with van der Waals surface area (Å²) in [4.78, 5) is 12.9. The predicted molar refractivity (Wildman–Crippen MR) is 137 cm³/mol. The monoisotopic (exact) mass is 475 g/mol. The molecule has 0 aliphatic carbocycles. The molecule has 1 aromatic heterocycles. The second-order valence-electron chi connectivity index (χ2n) is 8.43. The number of hydrogen-bond acceptors (Lipinski definition) is 5. The zero-order chi connectivity index (χ0) is 24.0. The number of aromatic nitrogens is 1. The normalized spacial score (nSPS) is 11.4. The first-order valence-corrected chi connectivity index (χ1v) is 12.0. The molecule has 3 aromatic carbocycles. The van der Waals surface area contributed by atoms with E-state index in [1.807, 2.05) is 62.4 Å². The van der Waals surface area contributed by atoms with E-state index in [2.05, 4.69) is 41.1 Å². The van der Waals surface area contributed by atoms with E-state index in [0.717, 1.165) is 39.4 Å².